The number of nitrogens with one attached hydrogen (secondary N) is 2. The van der Waals surface area contributed by atoms with Crippen LogP contribution in [0, 0.1) is 0 Å². The SMILES string of the molecule is CC(C)(C)OC(=O)CCCCCCCc1ccc(CCOc2ccc(S(=O)(=O)Nc3ccc(C(=O)NCCOCCOCC(=O)CCCOCCOCC(=O)O)cn3)cc2)cc1. The Labute approximate surface area is 365 Å². The van der Waals surface area contributed by atoms with E-state index in [-0.39, 0.29) is 80.8 Å². The van der Waals surface area contributed by atoms with Crippen molar-refractivity contribution in [3.63, 3.8) is 0 Å². The molecule has 1 amide bonds. The van der Waals surface area contributed by atoms with Gasteiger partial charge in [-0.3, -0.25) is 19.1 Å². The van der Waals surface area contributed by atoms with E-state index < -0.39 is 27.5 Å². The summed E-state index contributed by atoms with van der Waals surface area (Å²) in [4.78, 5) is 50.7. The average Bonchev–Trinajstić information content (AvgIpc) is 3.22. The highest BCUT2D eigenvalue weighted by Gasteiger charge is 2.17. The van der Waals surface area contributed by atoms with E-state index in [0.29, 0.717) is 44.6 Å². The molecule has 0 radical (unpaired) electrons. The molecule has 0 saturated carbocycles. The smallest absolute Gasteiger partial charge is 0.329 e. The number of nitrogens with zero attached hydrogens (tertiary/aromatic N) is 1. The van der Waals surface area contributed by atoms with Crippen LogP contribution >= 0.6 is 0 Å². The second-order valence-electron chi connectivity index (χ2n) is 15.4. The van der Waals surface area contributed by atoms with Crippen LogP contribution in [0.4, 0.5) is 5.82 Å². The average molecular weight is 886 g/mol. The fourth-order valence-electron chi connectivity index (χ4n) is 5.75. The minimum absolute atomic E-state index is 0.0305. The third kappa shape index (κ3) is 23.3. The number of amides is 1. The number of carboxylic acids is 1. The molecule has 0 spiro atoms. The van der Waals surface area contributed by atoms with Crippen LogP contribution in [0.3, 0.4) is 0 Å². The van der Waals surface area contributed by atoms with Gasteiger partial charge in [-0.05, 0) is 94.0 Å². The third-order valence-corrected chi connectivity index (χ3v) is 10.2. The van der Waals surface area contributed by atoms with Gasteiger partial charge in [-0.1, -0.05) is 43.5 Å². The van der Waals surface area contributed by atoms with Crippen molar-refractivity contribution < 1.29 is 61.1 Å². The highest BCUT2D eigenvalue weighted by molar-refractivity contribution is 7.92. The fraction of sp³-hybridized carbons (Fsp3) is 0.533. The molecule has 0 aliphatic carbocycles. The number of anilines is 1. The zero-order chi connectivity index (χ0) is 45.1. The van der Waals surface area contributed by atoms with Gasteiger partial charge in [-0.25, -0.2) is 18.2 Å². The normalized spacial score (nSPS) is 11.5. The number of sulfonamides is 1. The first kappa shape index (κ1) is 51.4. The molecule has 16 nitrogen and oxygen atoms in total. The number of aromatic nitrogens is 1. The Morgan fingerprint density at radius 1 is 0.661 bits per heavy atom. The Kier molecular flexibility index (Phi) is 23.7. The summed E-state index contributed by atoms with van der Waals surface area (Å²) in [5.74, 6) is -1.06. The van der Waals surface area contributed by atoms with Crippen LogP contribution in [-0.4, -0.2) is 114 Å². The molecule has 3 rings (SSSR count). The number of pyridine rings is 1. The van der Waals surface area contributed by atoms with Crippen molar-refractivity contribution in [2.75, 3.05) is 70.7 Å². The molecule has 17 heteroatoms. The molecule has 0 atom stereocenters. The predicted octanol–water partition coefficient (Wildman–Crippen LogP) is 5.96. The van der Waals surface area contributed by atoms with Crippen molar-refractivity contribution in [1.82, 2.24) is 10.3 Å². The Balaban J connectivity index is 1.23. The second-order valence-corrected chi connectivity index (χ2v) is 17.1. The Hall–Kier alpha value is -4.94. The molecule has 0 unspecified atom stereocenters. The van der Waals surface area contributed by atoms with Crippen molar-refractivity contribution in [3.05, 3.63) is 83.6 Å². The lowest BCUT2D eigenvalue weighted by Crippen LogP contribution is -2.28. The number of Topliss-reactive ketones (excluding diaryl/α,β-unsaturated/α-hetero) is 1. The molecule has 1 aromatic heterocycles. The molecule has 0 saturated heterocycles. The minimum Gasteiger partial charge on any atom is -0.493 e. The number of ether oxygens (including phenoxy) is 6. The summed E-state index contributed by atoms with van der Waals surface area (Å²) in [6.07, 6.45) is 9.46. The highest BCUT2D eigenvalue weighted by Crippen LogP contribution is 2.20. The van der Waals surface area contributed by atoms with Gasteiger partial charge in [0.15, 0.2) is 5.78 Å². The van der Waals surface area contributed by atoms with Gasteiger partial charge >= 0.3 is 11.9 Å². The lowest BCUT2D eigenvalue weighted by Gasteiger charge is -2.19. The van der Waals surface area contributed by atoms with Crippen LogP contribution in [0.1, 0.15) is 93.6 Å². The lowest BCUT2D eigenvalue weighted by atomic mass is 10.0. The molecule has 3 N–H and O–H groups in total. The quantitative estimate of drug-likeness (QED) is 0.0476. The Morgan fingerprint density at radius 3 is 1.95 bits per heavy atom. The molecule has 62 heavy (non-hydrogen) atoms. The van der Waals surface area contributed by atoms with Gasteiger partial charge in [0.05, 0.1) is 50.1 Å². The first-order valence-corrected chi connectivity index (χ1v) is 22.5. The van der Waals surface area contributed by atoms with Gasteiger partial charge in [0.2, 0.25) is 0 Å². The van der Waals surface area contributed by atoms with Gasteiger partial charge in [-0.2, -0.15) is 0 Å². The van der Waals surface area contributed by atoms with E-state index in [0.717, 1.165) is 44.1 Å². The van der Waals surface area contributed by atoms with Crippen LogP contribution in [0.5, 0.6) is 5.75 Å². The molecule has 3 aromatic rings. The number of hydrogen-bond acceptors (Lipinski definition) is 13. The summed E-state index contributed by atoms with van der Waals surface area (Å²) in [5, 5.41) is 11.2. The van der Waals surface area contributed by atoms with Crippen LogP contribution in [-0.2, 0) is 60.9 Å². The fourth-order valence-corrected chi connectivity index (χ4v) is 6.76. The summed E-state index contributed by atoms with van der Waals surface area (Å²) in [6.45, 7) is 7.29. The van der Waals surface area contributed by atoms with Crippen molar-refractivity contribution in [3.8, 4) is 5.75 Å². The number of carboxylic acid groups (broad SMARTS) is 1. The summed E-state index contributed by atoms with van der Waals surface area (Å²) in [7, 11) is -3.95. The molecular weight excluding hydrogens is 823 g/mol. The number of ketones is 1. The van der Waals surface area contributed by atoms with Crippen LogP contribution in [0.2, 0.25) is 0 Å². The number of carbonyl (C=O) groups is 4. The van der Waals surface area contributed by atoms with E-state index in [1.54, 1.807) is 12.1 Å². The maximum Gasteiger partial charge on any atom is 0.329 e. The van der Waals surface area contributed by atoms with Crippen LogP contribution in [0.15, 0.2) is 71.8 Å². The van der Waals surface area contributed by atoms with Gasteiger partial charge < -0.3 is 38.8 Å². The van der Waals surface area contributed by atoms with E-state index >= 15 is 0 Å². The molecule has 0 aliphatic rings. The molecule has 0 aliphatic heterocycles. The monoisotopic (exact) mass is 885 g/mol. The lowest BCUT2D eigenvalue weighted by molar-refractivity contribution is -0.155. The Morgan fingerprint density at radius 2 is 1.29 bits per heavy atom. The Bertz CT molecular complexity index is 1880. The largest absolute Gasteiger partial charge is 0.493 e. The first-order chi connectivity index (χ1) is 29.7. The number of benzene rings is 2. The first-order valence-electron chi connectivity index (χ1n) is 21.0. The van der Waals surface area contributed by atoms with Gasteiger partial charge in [0, 0.05) is 38.6 Å². The summed E-state index contributed by atoms with van der Waals surface area (Å²) < 4.78 is 60.5. The number of aryl methyl sites for hydroxylation is 1. The van der Waals surface area contributed by atoms with E-state index in [1.807, 2.05) is 20.8 Å². The number of carbonyl (C=O) groups excluding carboxylic acids is 3. The van der Waals surface area contributed by atoms with Gasteiger partial charge in [0.1, 0.15) is 30.4 Å². The molecule has 0 bridgehead atoms. The zero-order valence-corrected chi connectivity index (χ0v) is 37.0. The molecule has 1 heterocycles. The molecule has 0 fully saturated rings. The van der Waals surface area contributed by atoms with E-state index in [9.17, 15) is 27.6 Å². The third-order valence-electron chi connectivity index (χ3n) is 8.86. The number of rotatable bonds is 33. The van der Waals surface area contributed by atoms with E-state index in [2.05, 4.69) is 39.3 Å². The maximum atomic E-state index is 13.0. The second kappa shape index (κ2) is 28.6. The van der Waals surface area contributed by atoms with Gasteiger partial charge in [-0.15, -0.1) is 0 Å². The summed E-state index contributed by atoms with van der Waals surface area (Å²) >= 11 is 0. The predicted molar refractivity (Wildman–Crippen MR) is 232 cm³/mol. The molecule has 342 valence electrons. The van der Waals surface area contributed by atoms with Crippen molar-refractivity contribution in [2.24, 2.45) is 0 Å². The number of aliphatic carboxylic acids is 1. The standard InChI is InChI=1S/C45H63N3O13S/c1-45(2,3)61-43(52)12-8-6-4-5-7-10-35-13-15-36(16-14-35)23-26-60-39-18-20-40(21-19-39)62(54,55)48-41-22-17-37(32-47-41)44(53)46-24-27-57-29-30-58-33-38(49)11-9-25-56-28-31-59-34-42(50)51/h13-22,32H,4-12,23-31,33-34H2,1-3H3,(H,46,53)(H,47,48)(H,50,51). The van der Waals surface area contributed by atoms with Crippen LogP contribution < -0.4 is 14.8 Å². The number of unbranched alkanes of at least 4 members (excludes halogenated alkanes) is 4. The van der Waals surface area contributed by atoms with E-state index in [4.69, 9.17) is 33.5 Å². The van der Waals surface area contributed by atoms with Crippen molar-refractivity contribution in [1.29, 1.82) is 0 Å². The van der Waals surface area contributed by atoms with Crippen molar-refractivity contribution in [2.45, 2.75) is 95.5 Å². The summed E-state index contributed by atoms with van der Waals surface area (Å²) in [5.41, 5.74) is 2.24. The maximum absolute atomic E-state index is 13.0. The summed E-state index contributed by atoms with van der Waals surface area (Å²) in [6, 6.07) is 17.5. The molecule has 2 aromatic carbocycles. The highest BCUT2D eigenvalue weighted by atomic mass is 32.2. The van der Waals surface area contributed by atoms with Crippen molar-refractivity contribution >= 4 is 39.5 Å². The topological polar surface area (TPSA) is 215 Å². The number of hydrogen-bond donors (Lipinski definition) is 3. The molecular formula is C45H63N3O13S. The van der Waals surface area contributed by atoms with E-state index in [1.165, 1.54) is 36.0 Å². The zero-order valence-electron chi connectivity index (χ0n) is 36.2. The minimum atomic E-state index is -3.95. The van der Waals surface area contributed by atoms with Gasteiger partial charge in [0.25, 0.3) is 15.9 Å². The number of esters is 1. The van der Waals surface area contributed by atoms with Crippen LogP contribution in [0.25, 0.3) is 0 Å².